The normalized spacial score (nSPS) is 11.0. The lowest BCUT2D eigenvalue weighted by Crippen LogP contribution is -2.37. The summed E-state index contributed by atoms with van der Waals surface area (Å²) in [5.41, 5.74) is 0. The van der Waals surface area contributed by atoms with Crippen molar-refractivity contribution in [2.45, 2.75) is 18.7 Å². The predicted octanol–water partition coefficient (Wildman–Crippen LogP) is 1.40. The lowest BCUT2D eigenvalue weighted by atomic mass is 10.3. The van der Waals surface area contributed by atoms with Crippen molar-refractivity contribution in [3.63, 3.8) is 0 Å². The van der Waals surface area contributed by atoms with Crippen molar-refractivity contribution in [1.82, 2.24) is 9.62 Å². The number of nitrogens with zero attached hydrogens (tertiary/aromatic N) is 1. The van der Waals surface area contributed by atoms with Crippen LogP contribution in [0.1, 0.15) is 13.8 Å². The van der Waals surface area contributed by atoms with E-state index in [0.717, 1.165) is 0 Å². The fraction of sp³-hybridized carbons (Fsp3) is 0.400. The van der Waals surface area contributed by atoms with Crippen LogP contribution in [-0.4, -0.2) is 45.5 Å². The van der Waals surface area contributed by atoms with Crippen LogP contribution < -0.4 is 9.46 Å². The molecule has 0 aliphatic carbocycles. The van der Waals surface area contributed by atoms with Crippen molar-refractivity contribution in [1.29, 1.82) is 0 Å². The first-order valence-corrected chi connectivity index (χ1v) is 8.48. The van der Waals surface area contributed by atoms with Gasteiger partial charge in [-0.15, -0.1) is 6.58 Å². The van der Waals surface area contributed by atoms with E-state index in [0.29, 0.717) is 18.9 Å². The first-order valence-electron chi connectivity index (χ1n) is 6.99. The van der Waals surface area contributed by atoms with Gasteiger partial charge in [0.15, 0.2) is 0 Å². The molecule has 0 saturated heterocycles. The Bertz CT molecular complexity index is 596. The van der Waals surface area contributed by atoms with E-state index in [1.54, 1.807) is 18.2 Å². The number of carbonyl (C=O) groups is 1. The molecule has 6 nitrogen and oxygen atoms in total. The number of hydrogen-bond donors (Lipinski definition) is 1. The molecule has 0 saturated carbocycles. The van der Waals surface area contributed by atoms with Gasteiger partial charge >= 0.3 is 0 Å². The molecule has 0 heterocycles. The second-order valence-electron chi connectivity index (χ2n) is 4.56. The number of amides is 1. The van der Waals surface area contributed by atoms with Crippen LogP contribution in [0.5, 0.6) is 5.75 Å². The van der Waals surface area contributed by atoms with Gasteiger partial charge in [0.25, 0.3) is 0 Å². The predicted molar refractivity (Wildman–Crippen MR) is 85.3 cm³/mol. The molecule has 7 heteroatoms. The van der Waals surface area contributed by atoms with Gasteiger partial charge in [-0.2, -0.15) is 0 Å². The lowest BCUT2D eigenvalue weighted by Gasteiger charge is -2.19. The number of rotatable bonds is 9. The van der Waals surface area contributed by atoms with Gasteiger partial charge in [-0.25, -0.2) is 13.1 Å². The Balaban J connectivity index is 2.63. The fourth-order valence-corrected chi connectivity index (χ4v) is 2.83. The minimum atomic E-state index is -3.60. The highest BCUT2D eigenvalue weighted by molar-refractivity contribution is 7.89. The molecule has 0 aliphatic rings. The third-order valence-corrected chi connectivity index (χ3v) is 4.39. The Labute approximate surface area is 131 Å². The largest absolute Gasteiger partial charge is 0.494 e. The molecule has 0 atom stereocenters. The summed E-state index contributed by atoms with van der Waals surface area (Å²) in [4.78, 5) is 13.0. The van der Waals surface area contributed by atoms with Gasteiger partial charge in [-0.3, -0.25) is 4.79 Å². The molecular formula is C15H22N2O4S. The van der Waals surface area contributed by atoms with E-state index in [4.69, 9.17) is 4.74 Å². The first kappa shape index (κ1) is 18.2. The molecule has 0 fully saturated rings. The van der Waals surface area contributed by atoms with Gasteiger partial charge in [0.1, 0.15) is 5.75 Å². The van der Waals surface area contributed by atoms with E-state index in [1.165, 1.54) is 24.0 Å². The van der Waals surface area contributed by atoms with Crippen LogP contribution in [0.3, 0.4) is 0 Å². The number of hydrogen-bond acceptors (Lipinski definition) is 4. The first-order chi connectivity index (χ1) is 10.4. The van der Waals surface area contributed by atoms with E-state index in [-0.39, 0.29) is 23.9 Å². The van der Waals surface area contributed by atoms with Crippen LogP contribution in [0, 0.1) is 0 Å². The smallest absolute Gasteiger partial charge is 0.240 e. The summed E-state index contributed by atoms with van der Waals surface area (Å²) in [6.07, 6.45) is 1.60. The molecule has 1 rings (SSSR count). The summed E-state index contributed by atoms with van der Waals surface area (Å²) in [5, 5.41) is 0. The van der Waals surface area contributed by atoms with Crippen molar-refractivity contribution < 1.29 is 17.9 Å². The molecule has 1 aromatic carbocycles. The molecule has 1 amide bonds. The second-order valence-corrected chi connectivity index (χ2v) is 6.32. The molecule has 22 heavy (non-hydrogen) atoms. The Hall–Kier alpha value is -1.86. The van der Waals surface area contributed by atoms with Crippen LogP contribution in [0.4, 0.5) is 0 Å². The van der Waals surface area contributed by atoms with E-state index in [2.05, 4.69) is 11.3 Å². The third-order valence-electron chi connectivity index (χ3n) is 2.91. The monoisotopic (exact) mass is 326 g/mol. The van der Waals surface area contributed by atoms with Crippen LogP contribution in [-0.2, 0) is 14.8 Å². The van der Waals surface area contributed by atoms with Crippen molar-refractivity contribution in [3.8, 4) is 5.75 Å². The SMILES string of the molecule is C=CCN(CCNS(=O)(=O)c1ccc(OCC)cc1)C(C)=O. The third kappa shape index (κ3) is 5.50. The zero-order valence-corrected chi connectivity index (χ0v) is 13.7. The maximum atomic E-state index is 12.1. The maximum Gasteiger partial charge on any atom is 0.240 e. The van der Waals surface area contributed by atoms with Crippen LogP contribution in [0.15, 0.2) is 41.8 Å². The van der Waals surface area contributed by atoms with Crippen LogP contribution in [0.25, 0.3) is 0 Å². The van der Waals surface area contributed by atoms with Crippen molar-refractivity contribution in [2.75, 3.05) is 26.2 Å². The molecule has 0 radical (unpaired) electrons. The summed E-state index contributed by atoms with van der Waals surface area (Å²) in [6, 6.07) is 6.19. The van der Waals surface area contributed by atoms with Gasteiger partial charge in [0.2, 0.25) is 15.9 Å². The molecule has 0 aliphatic heterocycles. The average Bonchev–Trinajstić information content (AvgIpc) is 2.47. The summed E-state index contributed by atoms with van der Waals surface area (Å²) in [5.74, 6) is 0.496. The van der Waals surface area contributed by atoms with Crippen LogP contribution in [0.2, 0.25) is 0 Å². The number of nitrogens with one attached hydrogen (secondary N) is 1. The molecule has 1 N–H and O–H groups in total. The topological polar surface area (TPSA) is 75.7 Å². The zero-order valence-electron chi connectivity index (χ0n) is 12.9. The highest BCUT2D eigenvalue weighted by atomic mass is 32.2. The van der Waals surface area contributed by atoms with Gasteiger partial charge < -0.3 is 9.64 Å². The number of sulfonamides is 1. The minimum Gasteiger partial charge on any atom is -0.494 e. The zero-order chi connectivity index (χ0) is 16.6. The summed E-state index contributed by atoms with van der Waals surface area (Å²) in [7, 11) is -3.60. The average molecular weight is 326 g/mol. The Morgan fingerprint density at radius 1 is 1.36 bits per heavy atom. The van der Waals surface area contributed by atoms with Gasteiger partial charge in [0, 0.05) is 26.6 Å². The standard InChI is InChI=1S/C15H22N2O4S/c1-4-11-17(13(3)18)12-10-16-22(19,20)15-8-6-14(7-9-15)21-5-2/h4,6-9,16H,1,5,10-12H2,2-3H3. The number of carbonyl (C=O) groups excluding carboxylic acids is 1. The number of benzene rings is 1. The van der Waals surface area contributed by atoms with Crippen molar-refractivity contribution in [2.24, 2.45) is 0 Å². The van der Waals surface area contributed by atoms with E-state index >= 15 is 0 Å². The Morgan fingerprint density at radius 2 is 2.00 bits per heavy atom. The van der Waals surface area contributed by atoms with Gasteiger partial charge in [-0.1, -0.05) is 6.08 Å². The summed E-state index contributed by atoms with van der Waals surface area (Å²) in [6.45, 7) is 8.20. The molecule has 122 valence electrons. The van der Waals surface area contributed by atoms with E-state index in [1.807, 2.05) is 6.92 Å². The molecule has 0 aromatic heterocycles. The van der Waals surface area contributed by atoms with E-state index in [9.17, 15) is 13.2 Å². The number of ether oxygens (including phenoxy) is 1. The quantitative estimate of drug-likeness (QED) is 0.696. The molecule has 0 bridgehead atoms. The van der Waals surface area contributed by atoms with E-state index < -0.39 is 10.0 Å². The van der Waals surface area contributed by atoms with Gasteiger partial charge in [-0.05, 0) is 31.2 Å². The fourth-order valence-electron chi connectivity index (χ4n) is 1.81. The van der Waals surface area contributed by atoms with Crippen LogP contribution >= 0.6 is 0 Å². The van der Waals surface area contributed by atoms with Crippen molar-refractivity contribution in [3.05, 3.63) is 36.9 Å². The molecular weight excluding hydrogens is 304 g/mol. The van der Waals surface area contributed by atoms with Crippen molar-refractivity contribution >= 4 is 15.9 Å². The molecule has 0 unspecified atom stereocenters. The van der Waals surface area contributed by atoms with Gasteiger partial charge in [0.05, 0.1) is 11.5 Å². The maximum absolute atomic E-state index is 12.1. The highest BCUT2D eigenvalue weighted by Gasteiger charge is 2.14. The summed E-state index contributed by atoms with van der Waals surface area (Å²) < 4.78 is 32.0. The highest BCUT2D eigenvalue weighted by Crippen LogP contribution is 2.15. The Morgan fingerprint density at radius 3 is 2.50 bits per heavy atom. The second kappa shape index (κ2) is 8.55. The Kier molecular flexibility index (Phi) is 7.07. The molecule has 0 spiro atoms. The minimum absolute atomic E-state index is 0.125. The summed E-state index contributed by atoms with van der Waals surface area (Å²) >= 11 is 0. The lowest BCUT2D eigenvalue weighted by molar-refractivity contribution is -0.128. The molecule has 1 aromatic rings.